The highest BCUT2D eigenvalue weighted by atomic mass is 16.4. The number of para-hydroxylation sites is 1. The molecule has 0 saturated carbocycles. The summed E-state index contributed by atoms with van der Waals surface area (Å²) in [7, 11) is 0. The summed E-state index contributed by atoms with van der Waals surface area (Å²) in [6, 6.07) is 43.9. The summed E-state index contributed by atoms with van der Waals surface area (Å²) in [5.41, 5.74) is 7.98. The SMILES string of the molecule is c1ccc(-c2nc(-c3ccccc3)nc(-c3cnc(-c4cccc5c(-c6nc7c(ccc8oc9ccccc9c87)o6)cccc45)cn3)n2)cc1. The minimum absolute atomic E-state index is 0.451. The average molecular weight is 645 g/mol. The summed E-state index contributed by atoms with van der Waals surface area (Å²) in [5, 5.41) is 3.97. The number of hydrogen-bond donors (Lipinski definition) is 0. The van der Waals surface area contributed by atoms with Crippen LogP contribution in [0.3, 0.4) is 0 Å². The second kappa shape index (κ2) is 11.3. The summed E-state index contributed by atoms with van der Waals surface area (Å²) in [4.78, 5) is 29.1. The van der Waals surface area contributed by atoms with Crippen molar-refractivity contribution in [1.82, 2.24) is 29.9 Å². The molecule has 0 bridgehead atoms. The monoisotopic (exact) mass is 644 g/mol. The van der Waals surface area contributed by atoms with E-state index in [0.29, 0.717) is 34.6 Å². The maximum atomic E-state index is 6.38. The molecule has 0 aliphatic rings. The molecule has 0 N–H and O–H groups in total. The smallest absolute Gasteiger partial charge is 0.227 e. The standard InChI is InChI=1S/C42H24N6O2/c1-3-11-25(12-4-1)39-46-40(26-13-5-2-6-14-26)48-41(47-39)33-24-43-32(23-44-33)29-18-9-17-28-27(29)16-10-19-30(28)42-45-38-36(50-42)22-21-35-37(38)31-15-7-8-20-34(31)49-35/h1-24H. The third-order valence-electron chi connectivity index (χ3n) is 8.91. The summed E-state index contributed by atoms with van der Waals surface area (Å²) in [6.45, 7) is 0. The van der Waals surface area contributed by atoms with E-state index in [1.165, 1.54) is 0 Å². The van der Waals surface area contributed by atoms with Gasteiger partial charge in [-0.3, -0.25) is 4.98 Å². The quantitative estimate of drug-likeness (QED) is 0.182. The summed E-state index contributed by atoms with van der Waals surface area (Å²) in [5.74, 6) is 2.14. The molecule has 0 radical (unpaired) electrons. The van der Waals surface area contributed by atoms with Crippen LogP contribution in [-0.2, 0) is 0 Å². The van der Waals surface area contributed by atoms with Crippen LogP contribution in [0.25, 0.3) is 101 Å². The summed E-state index contributed by atoms with van der Waals surface area (Å²) in [6.07, 6.45) is 3.49. The largest absolute Gasteiger partial charge is 0.456 e. The topological polar surface area (TPSA) is 104 Å². The van der Waals surface area contributed by atoms with Gasteiger partial charge in [0.1, 0.15) is 22.4 Å². The molecule has 0 aliphatic carbocycles. The molecular weight excluding hydrogens is 621 g/mol. The third kappa shape index (κ3) is 4.62. The first kappa shape index (κ1) is 28.0. The molecule has 0 atom stereocenters. The Bertz CT molecular complexity index is 2810. The highest BCUT2D eigenvalue weighted by Crippen LogP contribution is 2.39. The maximum absolute atomic E-state index is 6.38. The number of aromatic nitrogens is 6. The number of rotatable bonds is 5. The molecule has 0 amide bonds. The molecule has 50 heavy (non-hydrogen) atoms. The van der Waals surface area contributed by atoms with E-state index in [9.17, 15) is 0 Å². The molecular formula is C42H24N6O2. The minimum Gasteiger partial charge on any atom is -0.456 e. The molecule has 4 heterocycles. The van der Waals surface area contributed by atoms with Crippen molar-refractivity contribution in [3.63, 3.8) is 0 Å². The number of nitrogens with zero attached hydrogens (tertiary/aromatic N) is 6. The van der Waals surface area contributed by atoms with Gasteiger partial charge < -0.3 is 8.83 Å². The van der Waals surface area contributed by atoms with Crippen LogP contribution in [-0.4, -0.2) is 29.9 Å². The van der Waals surface area contributed by atoms with Crippen molar-refractivity contribution in [2.24, 2.45) is 0 Å². The lowest BCUT2D eigenvalue weighted by molar-refractivity contribution is 0.620. The van der Waals surface area contributed by atoms with Gasteiger partial charge in [-0.2, -0.15) is 0 Å². The fourth-order valence-corrected chi connectivity index (χ4v) is 6.54. The number of hydrogen-bond acceptors (Lipinski definition) is 8. The van der Waals surface area contributed by atoms with E-state index in [4.69, 9.17) is 38.7 Å². The highest BCUT2D eigenvalue weighted by molar-refractivity contribution is 6.17. The van der Waals surface area contributed by atoms with E-state index in [-0.39, 0.29) is 0 Å². The first-order valence-corrected chi connectivity index (χ1v) is 16.2. The molecule has 0 fully saturated rings. The van der Waals surface area contributed by atoms with Crippen molar-refractivity contribution in [1.29, 1.82) is 0 Å². The Hall–Kier alpha value is -7.06. The van der Waals surface area contributed by atoms with Gasteiger partial charge in [-0.05, 0) is 35.0 Å². The fraction of sp³-hybridized carbons (Fsp3) is 0. The number of furan rings is 1. The molecule has 4 aromatic heterocycles. The zero-order valence-corrected chi connectivity index (χ0v) is 26.4. The van der Waals surface area contributed by atoms with E-state index in [2.05, 4.69) is 18.2 Å². The molecule has 10 aromatic rings. The zero-order chi connectivity index (χ0) is 33.0. The Kier molecular flexibility index (Phi) is 6.32. The van der Waals surface area contributed by atoms with Crippen molar-refractivity contribution in [2.45, 2.75) is 0 Å². The number of oxazole rings is 1. The molecule has 10 rings (SSSR count). The lowest BCUT2D eigenvalue weighted by Gasteiger charge is -2.10. The van der Waals surface area contributed by atoms with Crippen molar-refractivity contribution < 1.29 is 8.83 Å². The molecule has 234 valence electrons. The predicted molar refractivity (Wildman–Crippen MR) is 195 cm³/mol. The molecule has 0 spiro atoms. The van der Waals surface area contributed by atoms with Crippen LogP contribution in [0, 0.1) is 0 Å². The van der Waals surface area contributed by atoms with Crippen LogP contribution in [0.4, 0.5) is 0 Å². The van der Waals surface area contributed by atoms with Crippen molar-refractivity contribution in [3.8, 4) is 57.0 Å². The van der Waals surface area contributed by atoms with Crippen LogP contribution in [0.5, 0.6) is 0 Å². The van der Waals surface area contributed by atoms with Gasteiger partial charge in [0.05, 0.1) is 23.5 Å². The van der Waals surface area contributed by atoms with Crippen LogP contribution >= 0.6 is 0 Å². The van der Waals surface area contributed by atoms with E-state index in [0.717, 1.165) is 66.2 Å². The van der Waals surface area contributed by atoms with Gasteiger partial charge in [-0.25, -0.2) is 24.9 Å². The Morgan fingerprint density at radius 3 is 1.68 bits per heavy atom. The second-order valence-corrected chi connectivity index (χ2v) is 11.9. The maximum Gasteiger partial charge on any atom is 0.227 e. The Labute approximate surface area is 284 Å². The van der Waals surface area contributed by atoms with E-state index >= 15 is 0 Å². The molecule has 8 heteroatoms. The first-order valence-electron chi connectivity index (χ1n) is 16.2. The lowest BCUT2D eigenvalue weighted by Crippen LogP contribution is -2.01. The van der Waals surface area contributed by atoms with E-state index in [1.54, 1.807) is 12.4 Å². The Balaban J connectivity index is 1.05. The van der Waals surface area contributed by atoms with Gasteiger partial charge in [0.2, 0.25) is 5.89 Å². The summed E-state index contributed by atoms with van der Waals surface area (Å²) < 4.78 is 12.5. The van der Waals surface area contributed by atoms with Crippen LogP contribution in [0.15, 0.2) is 155 Å². The second-order valence-electron chi connectivity index (χ2n) is 11.9. The Morgan fingerprint density at radius 2 is 0.960 bits per heavy atom. The molecule has 8 nitrogen and oxygen atoms in total. The van der Waals surface area contributed by atoms with Gasteiger partial charge in [0.25, 0.3) is 0 Å². The summed E-state index contributed by atoms with van der Waals surface area (Å²) >= 11 is 0. The van der Waals surface area contributed by atoms with E-state index in [1.807, 2.05) is 115 Å². The first-order chi connectivity index (χ1) is 24.8. The van der Waals surface area contributed by atoms with E-state index < -0.39 is 0 Å². The van der Waals surface area contributed by atoms with Crippen molar-refractivity contribution in [3.05, 3.63) is 146 Å². The zero-order valence-electron chi connectivity index (χ0n) is 26.4. The Morgan fingerprint density at radius 1 is 0.380 bits per heavy atom. The number of benzene rings is 6. The van der Waals surface area contributed by atoms with Crippen LogP contribution < -0.4 is 0 Å². The number of fused-ring (bicyclic) bond motifs is 6. The van der Waals surface area contributed by atoms with Gasteiger partial charge >= 0.3 is 0 Å². The minimum atomic E-state index is 0.451. The highest BCUT2D eigenvalue weighted by Gasteiger charge is 2.19. The molecule has 0 unspecified atom stereocenters. The van der Waals surface area contributed by atoms with Crippen molar-refractivity contribution in [2.75, 3.05) is 0 Å². The van der Waals surface area contributed by atoms with Gasteiger partial charge in [0.15, 0.2) is 23.1 Å². The third-order valence-corrected chi connectivity index (χ3v) is 8.91. The van der Waals surface area contributed by atoms with Crippen molar-refractivity contribution >= 4 is 43.8 Å². The van der Waals surface area contributed by atoms with Gasteiger partial charge in [0, 0.05) is 27.6 Å². The molecule has 0 saturated heterocycles. The van der Waals surface area contributed by atoms with Crippen LogP contribution in [0.2, 0.25) is 0 Å². The normalized spacial score (nSPS) is 11.6. The molecule has 0 aliphatic heterocycles. The molecule has 6 aromatic carbocycles. The van der Waals surface area contributed by atoms with Gasteiger partial charge in [-0.1, -0.05) is 109 Å². The fourth-order valence-electron chi connectivity index (χ4n) is 6.54. The lowest BCUT2D eigenvalue weighted by atomic mass is 9.98. The van der Waals surface area contributed by atoms with Crippen LogP contribution in [0.1, 0.15) is 0 Å². The van der Waals surface area contributed by atoms with Gasteiger partial charge in [-0.15, -0.1) is 0 Å². The predicted octanol–water partition coefficient (Wildman–Crippen LogP) is 10.2. The average Bonchev–Trinajstić information content (AvgIpc) is 3.80.